The number of aromatic nitrogens is 1. The van der Waals surface area contributed by atoms with Gasteiger partial charge in [-0.1, -0.05) is 27.7 Å². The molecule has 1 N–H and O–H groups in total. The van der Waals surface area contributed by atoms with E-state index >= 15 is 0 Å². The van der Waals surface area contributed by atoms with Gasteiger partial charge in [0.05, 0.1) is 6.61 Å². The maximum atomic E-state index is 5.20. The third-order valence-corrected chi connectivity index (χ3v) is 3.00. The minimum absolute atomic E-state index is 0.492. The summed E-state index contributed by atoms with van der Waals surface area (Å²) in [6.45, 7) is 12.3. The lowest BCUT2D eigenvalue weighted by atomic mass is 10.2. The normalized spacial score (nSPS) is 11.3. The van der Waals surface area contributed by atoms with Gasteiger partial charge in [-0.15, -0.1) is 0 Å². The summed E-state index contributed by atoms with van der Waals surface area (Å²) >= 11 is 0. The minimum atomic E-state index is 0.492. The SMILES string of the molecule is COCCN(CC(C)C)c1cc(CNC(C)C)ccn1. The average molecular weight is 279 g/mol. The van der Waals surface area contributed by atoms with Crippen LogP contribution in [0.25, 0.3) is 0 Å². The largest absolute Gasteiger partial charge is 0.383 e. The maximum absolute atomic E-state index is 5.20. The Kier molecular flexibility index (Phi) is 7.55. The van der Waals surface area contributed by atoms with E-state index in [1.54, 1.807) is 7.11 Å². The monoisotopic (exact) mass is 279 g/mol. The van der Waals surface area contributed by atoms with E-state index in [-0.39, 0.29) is 0 Å². The van der Waals surface area contributed by atoms with Crippen molar-refractivity contribution in [1.29, 1.82) is 0 Å². The van der Waals surface area contributed by atoms with Crippen LogP contribution in [-0.2, 0) is 11.3 Å². The molecule has 0 saturated heterocycles. The van der Waals surface area contributed by atoms with E-state index in [0.29, 0.717) is 12.0 Å². The number of hydrogen-bond donors (Lipinski definition) is 1. The predicted octanol–water partition coefficient (Wildman–Crippen LogP) is 2.69. The number of methoxy groups -OCH3 is 1. The van der Waals surface area contributed by atoms with Crippen molar-refractivity contribution in [1.82, 2.24) is 10.3 Å². The van der Waals surface area contributed by atoms with E-state index < -0.39 is 0 Å². The summed E-state index contributed by atoms with van der Waals surface area (Å²) in [5.41, 5.74) is 1.27. The Balaban J connectivity index is 2.75. The van der Waals surface area contributed by atoms with Crippen LogP contribution >= 0.6 is 0 Å². The zero-order chi connectivity index (χ0) is 15.0. The zero-order valence-corrected chi connectivity index (χ0v) is 13.5. The molecule has 0 atom stereocenters. The molecule has 0 unspecified atom stereocenters. The van der Waals surface area contributed by atoms with Crippen molar-refractivity contribution in [2.75, 3.05) is 31.7 Å². The lowest BCUT2D eigenvalue weighted by Gasteiger charge is -2.25. The van der Waals surface area contributed by atoms with Crippen LogP contribution in [0.4, 0.5) is 5.82 Å². The summed E-state index contributed by atoms with van der Waals surface area (Å²) < 4.78 is 5.20. The number of nitrogens with one attached hydrogen (secondary N) is 1. The van der Waals surface area contributed by atoms with Crippen molar-refractivity contribution in [2.45, 2.75) is 40.3 Å². The molecule has 0 bridgehead atoms. The molecule has 4 nitrogen and oxygen atoms in total. The molecule has 0 aromatic carbocycles. The second kappa shape index (κ2) is 8.93. The number of rotatable bonds is 9. The quantitative estimate of drug-likeness (QED) is 0.754. The first-order chi connectivity index (χ1) is 9.52. The standard InChI is InChI=1S/C16H29N3O/c1-13(2)12-19(8-9-20-5)16-10-15(6-7-17-16)11-18-14(3)4/h6-7,10,13-14,18H,8-9,11-12H2,1-5H3. The van der Waals surface area contributed by atoms with Crippen molar-refractivity contribution >= 4 is 5.82 Å². The molecule has 1 aromatic heterocycles. The van der Waals surface area contributed by atoms with Crippen LogP contribution in [0.5, 0.6) is 0 Å². The molecule has 0 spiro atoms. The van der Waals surface area contributed by atoms with Gasteiger partial charge >= 0.3 is 0 Å². The lowest BCUT2D eigenvalue weighted by molar-refractivity contribution is 0.204. The van der Waals surface area contributed by atoms with Gasteiger partial charge in [-0.25, -0.2) is 4.98 Å². The van der Waals surface area contributed by atoms with E-state index in [0.717, 1.165) is 32.1 Å². The third-order valence-electron chi connectivity index (χ3n) is 3.00. The van der Waals surface area contributed by atoms with Crippen LogP contribution in [0.15, 0.2) is 18.3 Å². The first-order valence-corrected chi connectivity index (χ1v) is 7.45. The highest BCUT2D eigenvalue weighted by Gasteiger charge is 2.10. The summed E-state index contributed by atoms with van der Waals surface area (Å²) in [5, 5.41) is 3.44. The minimum Gasteiger partial charge on any atom is -0.383 e. The summed E-state index contributed by atoms with van der Waals surface area (Å²) in [6.07, 6.45) is 1.90. The van der Waals surface area contributed by atoms with Gasteiger partial charge < -0.3 is 15.0 Å². The highest BCUT2D eigenvalue weighted by atomic mass is 16.5. The van der Waals surface area contributed by atoms with Gasteiger partial charge in [-0.2, -0.15) is 0 Å². The molecule has 1 aromatic rings. The molecule has 4 heteroatoms. The molecule has 0 aliphatic carbocycles. The van der Waals surface area contributed by atoms with E-state index in [1.165, 1.54) is 5.56 Å². The van der Waals surface area contributed by atoms with Crippen LogP contribution in [-0.4, -0.2) is 37.8 Å². The Hall–Kier alpha value is -1.13. The lowest BCUT2D eigenvalue weighted by Crippen LogP contribution is -2.32. The highest BCUT2D eigenvalue weighted by Crippen LogP contribution is 2.14. The van der Waals surface area contributed by atoms with E-state index in [2.05, 4.69) is 55.0 Å². The predicted molar refractivity (Wildman–Crippen MR) is 85.1 cm³/mol. The number of ether oxygens (including phenoxy) is 1. The first kappa shape index (κ1) is 16.9. The summed E-state index contributed by atoms with van der Waals surface area (Å²) in [4.78, 5) is 6.81. The molecular weight excluding hydrogens is 250 g/mol. The van der Waals surface area contributed by atoms with Crippen molar-refractivity contribution in [2.24, 2.45) is 5.92 Å². The fraction of sp³-hybridized carbons (Fsp3) is 0.688. The molecule has 0 saturated carbocycles. The first-order valence-electron chi connectivity index (χ1n) is 7.45. The molecule has 1 rings (SSSR count). The summed E-state index contributed by atoms with van der Waals surface area (Å²) in [5.74, 6) is 1.64. The molecule has 20 heavy (non-hydrogen) atoms. The van der Waals surface area contributed by atoms with Crippen LogP contribution in [0.3, 0.4) is 0 Å². The number of pyridine rings is 1. The van der Waals surface area contributed by atoms with E-state index in [9.17, 15) is 0 Å². The Bertz CT molecular complexity index is 380. The van der Waals surface area contributed by atoms with Gasteiger partial charge in [0, 0.05) is 39.0 Å². The molecule has 1 heterocycles. The molecule has 0 amide bonds. The fourth-order valence-corrected chi connectivity index (χ4v) is 2.01. The maximum Gasteiger partial charge on any atom is 0.128 e. The molecule has 0 aliphatic rings. The summed E-state index contributed by atoms with van der Waals surface area (Å²) in [6, 6.07) is 4.74. The fourth-order valence-electron chi connectivity index (χ4n) is 2.01. The second-order valence-electron chi connectivity index (χ2n) is 5.89. The van der Waals surface area contributed by atoms with E-state index in [4.69, 9.17) is 4.74 Å². The molecule has 0 radical (unpaired) electrons. The van der Waals surface area contributed by atoms with Gasteiger partial charge in [0.2, 0.25) is 0 Å². The Morgan fingerprint density at radius 1 is 1.30 bits per heavy atom. The van der Waals surface area contributed by atoms with Crippen molar-refractivity contribution in [3.8, 4) is 0 Å². The third kappa shape index (κ3) is 6.35. The average Bonchev–Trinajstić information content (AvgIpc) is 2.41. The van der Waals surface area contributed by atoms with Crippen LogP contribution in [0.2, 0.25) is 0 Å². The highest BCUT2D eigenvalue weighted by molar-refractivity contribution is 5.41. The second-order valence-corrected chi connectivity index (χ2v) is 5.89. The van der Waals surface area contributed by atoms with Crippen LogP contribution in [0.1, 0.15) is 33.3 Å². The number of hydrogen-bond acceptors (Lipinski definition) is 4. The number of anilines is 1. The Morgan fingerprint density at radius 2 is 2.05 bits per heavy atom. The van der Waals surface area contributed by atoms with Crippen LogP contribution in [0, 0.1) is 5.92 Å². The zero-order valence-electron chi connectivity index (χ0n) is 13.5. The van der Waals surface area contributed by atoms with Gasteiger partial charge in [-0.3, -0.25) is 0 Å². The van der Waals surface area contributed by atoms with Gasteiger partial charge in [0.15, 0.2) is 0 Å². The smallest absolute Gasteiger partial charge is 0.128 e. The van der Waals surface area contributed by atoms with E-state index in [1.807, 2.05) is 6.20 Å². The molecule has 0 fully saturated rings. The van der Waals surface area contributed by atoms with Gasteiger partial charge in [0.1, 0.15) is 5.82 Å². The summed E-state index contributed by atoms with van der Waals surface area (Å²) in [7, 11) is 1.74. The molecular formula is C16H29N3O. The Morgan fingerprint density at radius 3 is 2.65 bits per heavy atom. The molecule has 0 aliphatic heterocycles. The Labute approximate surface area is 123 Å². The van der Waals surface area contributed by atoms with Crippen molar-refractivity contribution < 1.29 is 4.74 Å². The van der Waals surface area contributed by atoms with Gasteiger partial charge in [-0.05, 0) is 23.6 Å². The van der Waals surface area contributed by atoms with Gasteiger partial charge in [0.25, 0.3) is 0 Å². The van der Waals surface area contributed by atoms with Crippen molar-refractivity contribution in [3.63, 3.8) is 0 Å². The van der Waals surface area contributed by atoms with Crippen LogP contribution < -0.4 is 10.2 Å². The molecule has 114 valence electrons. The van der Waals surface area contributed by atoms with Crippen molar-refractivity contribution in [3.05, 3.63) is 23.9 Å². The topological polar surface area (TPSA) is 37.4 Å². The number of nitrogens with zero attached hydrogens (tertiary/aromatic N) is 2.